The van der Waals surface area contributed by atoms with Crippen LogP contribution in [-0.4, -0.2) is 95.9 Å². The lowest BCUT2D eigenvalue weighted by Gasteiger charge is -2.21. The molecule has 5 atom stereocenters. The Morgan fingerprint density at radius 2 is 0.478 bits per heavy atom. The van der Waals surface area contributed by atoms with Crippen molar-refractivity contribution >= 4 is 33.6 Å². The van der Waals surface area contributed by atoms with Gasteiger partial charge in [0.15, 0.2) is 6.10 Å². The summed E-state index contributed by atoms with van der Waals surface area (Å²) in [5.41, 5.74) is 0. The number of carbonyl (C=O) groups is 3. The van der Waals surface area contributed by atoms with Gasteiger partial charge in [0.1, 0.15) is 25.4 Å². The SMILES string of the molecule is CC/C=C\C/C=C\C/C=C\C/C=C\C/C=C\CCCCCCCCCCCCCCCC(=O)OCC(COP(=O)(O)OCC(O)COP(=O)(O)OCC(O)COC(=O)CCCCCCCCCCCCCCCCC/C=C\C/C=C\C/C=C\C/C=C\CCCCC)OC(=O)CCC/C=C\C/C=C\C/C=C\C/C=C\C/C=C\CC. The number of aliphatic hydroxyl groups is 2. The van der Waals surface area contributed by atoms with E-state index in [0.29, 0.717) is 25.7 Å². The van der Waals surface area contributed by atoms with Gasteiger partial charge in [0.05, 0.1) is 26.4 Å². The lowest BCUT2D eigenvalue weighted by atomic mass is 10.0. The van der Waals surface area contributed by atoms with Gasteiger partial charge in [-0.15, -0.1) is 0 Å². The molecule has 0 aliphatic carbocycles. The molecule has 18 heteroatoms. The Balaban J connectivity index is 4.55. The summed E-state index contributed by atoms with van der Waals surface area (Å²) < 4.78 is 61.3. The molecule has 0 rings (SSSR count). The molecule has 4 N–H and O–H groups in total. The smallest absolute Gasteiger partial charge is 0.463 e. The fraction of sp³-hybridized carbons (Fsp3) is 0.674. The van der Waals surface area contributed by atoms with E-state index < -0.39 is 91.5 Å². The molecule has 0 aromatic heterocycles. The maximum Gasteiger partial charge on any atom is 0.472 e. The van der Waals surface area contributed by atoms with Crippen LogP contribution < -0.4 is 0 Å². The van der Waals surface area contributed by atoms with Crippen LogP contribution in [0.2, 0.25) is 0 Å². The van der Waals surface area contributed by atoms with Crippen molar-refractivity contribution in [3.8, 4) is 0 Å². The van der Waals surface area contributed by atoms with Crippen molar-refractivity contribution in [2.45, 2.75) is 373 Å². The zero-order chi connectivity index (χ0) is 82.2. The summed E-state index contributed by atoms with van der Waals surface area (Å²) in [6.45, 7) is 2.38. The minimum atomic E-state index is -4.96. The molecule has 0 saturated heterocycles. The number of rotatable bonds is 83. The zero-order valence-electron chi connectivity index (χ0n) is 71.0. The van der Waals surface area contributed by atoms with Gasteiger partial charge in [0, 0.05) is 19.3 Å². The zero-order valence-corrected chi connectivity index (χ0v) is 72.8. The molecule has 5 unspecified atom stereocenters. The fourth-order valence-electron chi connectivity index (χ4n) is 11.7. The molecule has 0 spiro atoms. The van der Waals surface area contributed by atoms with Gasteiger partial charge in [0.2, 0.25) is 0 Å². The molecule has 113 heavy (non-hydrogen) atoms. The molecule has 0 aliphatic rings. The molecule has 0 aliphatic heterocycles. The van der Waals surface area contributed by atoms with Crippen molar-refractivity contribution in [2.24, 2.45) is 0 Å². The summed E-state index contributed by atoms with van der Waals surface area (Å²) in [6, 6.07) is 0. The summed E-state index contributed by atoms with van der Waals surface area (Å²) in [6.07, 6.45) is 111. The maximum absolute atomic E-state index is 13.0. The molecule has 0 saturated carbocycles. The van der Waals surface area contributed by atoms with Gasteiger partial charge in [-0.2, -0.15) is 0 Å². The number of esters is 3. The third-order valence-electron chi connectivity index (χ3n) is 18.4. The molecular formula is C95H160O16P2. The van der Waals surface area contributed by atoms with Crippen molar-refractivity contribution in [3.05, 3.63) is 170 Å². The molecule has 646 valence electrons. The molecule has 0 heterocycles. The number of aliphatic hydroxyl groups excluding tert-OH is 2. The van der Waals surface area contributed by atoms with Crippen LogP contribution in [0.3, 0.4) is 0 Å². The van der Waals surface area contributed by atoms with Gasteiger partial charge < -0.3 is 34.2 Å². The van der Waals surface area contributed by atoms with Gasteiger partial charge in [-0.05, 0) is 148 Å². The Bertz CT molecular complexity index is 2730. The summed E-state index contributed by atoms with van der Waals surface area (Å²) in [7, 11) is -9.83. The van der Waals surface area contributed by atoms with E-state index in [4.69, 9.17) is 32.3 Å². The van der Waals surface area contributed by atoms with Crippen LogP contribution in [-0.2, 0) is 55.8 Å². The second-order valence-electron chi connectivity index (χ2n) is 29.3. The van der Waals surface area contributed by atoms with E-state index in [1.807, 2.05) is 12.2 Å². The third-order valence-corrected chi connectivity index (χ3v) is 20.3. The minimum Gasteiger partial charge on any atom is -0.463 e. The van der Waals surface area contributed by atoms with Crippen LogP contribution in [0.1, 0.15) is 355 Å². The van der Waals surface area contributed by atoms with Crippen LogP contribution in [0, 0.1) is 0 Å². The van der Waals surface area contributed by atoms with Crippen molar-refractivity contribution in [2.75, 3.05) is 39.6 Å². The van der Waals surface area contributed by atoms with Crippen molar-refractivity contribution in [1.29, 1.82) is 0 Å². The largest absolute Gasteiger partial charge is 0.472 e. The summed E-state index contributed by atoms with van der Waals surface area (Å²) in [5, 5.41) is 20.7. The lowest BCUT2D eigenvalue weighted by molar-refractivity contribution is -0.161. The Morgan fingerprint density at radius 3 is 0.770 bits per heavy atom. The first-order valence-corrected chi connectivity index (χ1v) is 47.4. The van der Waals surface area contributed by atoms with E-state index in [0.717, 1.165) is 135 Å². The number of hydrogen-bond donors (Lipinski definition) is 4. The van der Waals surface area contributed by atoms with Gasteiger partial charge in [-0.3, -0.25) is 32.5 Å². The molecule has 0 radical (unpaired) electrons. The van der Waals surface area contributed by atoms with Crippen LogP contribution in [0.5, 0.6) is 0 Å². The highest BCUT2D eigenvalue weighted by Crippen LogP contribution is 2.45. The first kappa shape index (κ1) is 108. The summed E-state index contributed by atoms with van der Waals surface area (Å²) in [5.74, 6) is -1.64. The van der Waals surface area contributed by atoms with Crippen LogP contribution >= 0.6 is 15.6 Å². The fourth-order valence-corrected chi connectivity index (χ4v) is 13.3. The highest BCUT2D eigenvalue weighted by Gasteiger charge is 2.29. The topological polar surface area (TPSA) is 231 Å². The number of carbonyl (C=O) groups excluding carboxylic acids is 3. The highest BCUT2D eigenvalue weighted by molar-refractivity contribution is 7.47. The van der Waals surface area contributed by atoms with Gasteiger partial charge in [-0.1, -0.05) is 358 Å². The highest BCUT2D eigenvalue weighted by atomic mass is 31.2. The van der Waals surface area contributed by atoms with Crippen molar-refractivity contribution < 1.29 is 75.8 Å². The number of phosphoric acid groups is 2. The average Bonchev–Trinajstić information content (AvgIpc) is 0.897. The Morgan fingerprint density at radius 1 is 0.257 bits per heavy atom. The van der Waals surface area contributed by atoms with Crippen molar-refractivity contribution in [3.63, 3.8) is 0 Å². The van der Waals surface area contributed by atoms with E-state index in [9.17, 15) is 43.5 Å². The lowest BCUT2D eigenvalue weighted by Crippen LogP contribution is -2.30. The second kappa shape index (κ2) is 86.3. The van der Waals surface area contributed by atoms with Crippen LogP contribution in [0.4, 0.5) is 0 Å². The van der Waals surface area contributed by atoms with E-state index in [-0.39, 0.29) is 19.3 Å². The first-order chi connectivity index (χ1) is 55.2. The van der Waals surface area contributed by atoms with E-state index in [2.05, 4.69) is 179 Å². The molecule has 0 amide bonds. The van der Waals surface area contributed by atoms with Crippen LogP contribution in [0.15, 0.2) is 170 Å². The number of phosphoric ester groups is 2. The van der Waals surface area contributed by atoms with E-state index in [1.165, 1.54) is 154 Å². The molecule has 16 nitrogen and oxygen atoms in total. The molecular weight excluding hydrogens is 1460 g/mol. The molecule has 0 aromatic rings. The Labute approximate surface area is 688 Å². The van der Waals surface area contributed by atoms with Gasteiger partial charge >= 0.3 is 33.6 Å². The number of hydrogen-bond acceptors (Lipinski definition) is 14. The number of ether oxygens (including phenoxy) is 3. The number of allylic oxidation sites excluding steroid dienone is 28. The van der Waals surface area contributed by atoms with Crippen LogP contribution in [0.25, 0.3) is 0 Å². The molecule has 0 aromatic carbocycles. The summed E-state index contributed by atoms with van der Waals surface area (Å²) in [4.78, 5) is 58.8. The molecule has 0 bridgehead atoms. The first-order valence-electron chi connectivity index (χ1n) is 44.4. The number of unbranched alkanes of at least 4 members (excludes halogenated alkanes) is 32. The quantitative estimate of drug-likeness (QED) is 0.0146. The third kappa shape index (κ3) is 87.6. The average molecular weight is 1620 g/mol. The van der Waals surface area contributed by atoms with Crippen molar-refractivity contribution in [1.82, 2.24) is 0 Å². The van der Waals surface area contributed by atoms with E-state index in [1.54, 1.807) is 0 Å². The normalized spacial score (nSPS) is 14.6. The van der Waals surface area contributed by atoms with Gasteiger partial charge in [0.25, 0.3) is 0 Å². The monoisotopic (exact) mass is 1620 g/mol. The maximum atomic E-state index is 13.0. The Kier molecular flexibility index (Phi) is 82.4. The second-order valence-corrected chi connectivity index (χ2v) is 32.2. The Hall–Kier alpha value is -5.09. The molecule has 0 fully saturated rings. The minimum absolute atomic E-state index is 0.0219. The predicted octanol–water partition coefficient (Wildman–Crippen LogP) is 27.1. The standard InChI is InChI=1S/C95H160O16P2/c1-4-7-10-13-16-19-22-25-28-31-33-35-37-39-41-43-44-46-48-49-51-53-55-58-60-63-66-69-72-75-78-81-93(98)105-84-90(96)85-107-112(101,102)108-86-91(97)87-109-113(103,104)110-89-92(111-95(100)83-80-77-74-71-68-65-62-57-30-27-24-21-18-15-12-9-6-3)88-106-94(99)82-79-76-73-70-67-64-61-59-56-54-52-50-47-45-42-40-38-36-34-32-29-26-23-20-17-14-11-8-5-2/h8-9,11-12,16-21,25-30,33-36,39-42,62,65,71,74,90-92,96-97H,4-7,10,13-15,22-24,31-32,37-38,43-61,63-64,66-70,72-73,75-89H2,1-3H3,(H,101,102)(H,103,104)/b11-8-,12-9-,19-16-,20-17-,21-18-,28-25-,29-26-,30-27-,35-33-,36-34-,41-39-,42-40-,65-62-,74-71-. The van der Waals surface area contributed by atoms with Gasteiger partial charge in [-0.25, -0.2) is 9.13 Å². The van der Waals surface area contributed by atoms with E-state index >= 15 is 0 Å². The predicted molar refractivity (Wildman–Crippen MR) is 472 cm³/mol. The summed E-state index contributed by atoms with van der Waals surface area (Å²) >= 11 is 0.